The van der Waals surface area contributed by atoms with Crippen LogP contribution in [-0.4, -0.2) is 44.3 Å². The molecular weight excluding hydrogens is 416 g/mol. The molecule has 0 aromatic heterocycles. The fraction of sp³-hybridized carbons (Fsp3) is 0.167. The number of fused-ring (bicyclic) bond motifs is 5. The molecule has 5 rings (SSSR count). The minimum Gasteiger partial charge on any atom is -0.478 e. The fourth-order valence-corrected chi connectivity index (χ4v) is 4.40. The van der Waals surface area contributed by atoms with Gasteiger partial charge in [-0.05, 0) is 83.0 Å². The lowest BCUT2D eigenvalue weighted by molar-refractivity contribution is 0.0677. The molecule has 0 saturated heterocycles. The molecule has 0 heterocycles. The van der Waals surface area contributed by atoms with E-state index in [1.54, 1.807) is 18.2 Å². The van der Waals surface area contributed by atoms with Crippen LogP contribution in [0.5, 0.6) is 0 Å². The molecule has 3 aromatic rings. The molecule has 8 nitrogen and oxygen atoms in total. The minimum atomic E-state index is -0.988. The Morgan fingerprint density at radius 2 is 1.16 bits per heavy atom. The van der Waals surface area contributed by atoms with E-state index in [1.807, 2.05) is 0 Å². The molecule has 0 saturated carbocycles. The minimum absolute atomic E-state index is 0.226. The lowest BCUT2D eigenvalue weighted by Gasteiger charge is -2.22. The highest BCUT2D eigenvalue weighted by atomic mass is 16.4. The van der Waals surface area contributed by atoms with E-state index in [9.17, 15) is 24.3 Å². The number of carbonyl (C=O) groups is 4. The van der Waals surface area contributed by atoms with E-state index >= 15 is 0 Å². The SMILES string of the molecule is O=C(O)c1ccc(C(=O)O)c2c1CC2.O=C(O)c1ccc2c3c(C(=O)O)c(cc2c1)CC3. The van der Waals surface area contributed by atoms with Gasteiger partial charge in [-0.3, -0.25) is 0 Å². The van der Waals surface area contributed by atoms with Gasteiger partial charge in [0.1, 0.15) is 0 Å². The molecule has 0 fully saturated rings. The first-order valence-corrected chi connectivity index (χ1v) is 9.85. The van der Waals surface area contributed by atoms with Crippen molar-refractivity contribution >= 4 is 34.6 Å². The molecule has 0 atom stereocenters. The van der Waals surface area contributed by atoms with Crippen molar-refractivity contribution in [2.45, 2.75) is 25.7 Å². The third-order valence-electron chi connectivity index (χ3n) is 5.95. The van der Waals surface area contributed by atoms with E-state index in [1.165, 1.54) is 18.2 Å². The zero-order valence-corrected chi connectivity index (χ0v) is 16.7. The van der Waals surface area contributed by atoms with Crippen LogP contribution in [0.3, 0.4) is 0 Å². The van der Waals surface area contributed by atoms with Crippen LogP contribution in [0.15, 0.2) is 36.4 Å². The molecule has 2 bridgehead atoms. The third-order valence-corrected chi connectivity index (χ3v) is 5.95. The van der Waals surface area contributed by atoms with Crippen molar-refractivity contribution in [3.63, 3.8) is 0 Å². The maximum atomic E-state index is 11.2. The molecule has 0 aliphatic heterocycles. The molecule has 8 heteroatoms. The van der Waals surface area contributed by atoms with Gasteiger partial charge in [-0.25, -0.2) is 19.2 Å². The number of aryl methyl sites for hydroxylation is 2. The monoisotopic (exact) mass is 434 g/mol. The zero-order valence-electron chi connectivity index (χ0n) is 16.7. The summed E-state index contributed by atoms with van der Waals surface area (Å²) < 4.78 is 0. The van der Waals surface area contributed by atoms with E-state index in [2.05, 4.69) is 0 Å². The number of benzene rings is 3. The van der Waals surface area contributed by atoms with Gasteiger partial charge in [0.05, 0.1) is 22.3 Å². The van der Waals surface area contributed by atoms with Crippen LogP contribution in [0.4, 0.5) is 0 Å². The van der Waals surface area contributed by atoms with Crippen molar-refractivity contribution in [1.82, 2.24) is 0 Å². The topological polar surface area (TPSA) is 149 Å². The number of hydrogen-bond donors (Lipinski definition) is 4. The standard InChI is InChI=1S/C14H10O4.C10H8O4/c15-13(16)8-2-3-10-9(6-8)5-7-1-4-11(10)12(7)14(17)18;11-9(12)7-3-4-8(10(13)14)6-2-1-5(6)7/h2-3,5-6H,1,4H2,(H,15,16)(H,17,18);3-4H,1-2H2,(H,11,12)(H,13,14). The Bertz CT molecular complexity index is 1290. The molecular formula is C24H18O8. The van der Waals surface area contributed by atoms with Gasteiger partial charge in [0, 0.05) is 0 Å². The van der Waals surface area contributed by atoms with E-state index in [0.29, 0.717) is 42.4 Å². The summed E-state index contributed by atoms with van der Waals surface area (Å²) in [4.78, 5) is 43.6. The highest BCUT2D eigenvalue weighted by Gasteiger charge is 2.26. The molecule has 162 valence electrons. The summed E-state index contributed by atoms with van der Waals surface area (Å²) in [6, 6.07) is 9.34. The van der Waals surface area contributed by atoms with Gasteiger partial charge >= 0.3 is 23.9 Å². The normalized spacial score (nSPS) is 12.9. The van der Waals surface area contributed by atoms with E-state index in [4.69, 9.17) is 15.3 Å². The summed E-state index contributed by atoms with van der Waals surface area (Å²) in [7, 11) is 0. The number of aromatic carboxylic acids is 4. The highest BCUT2D eigenvalue weighted by Crippen LogP contribution is 2.34. The fourth-order valence-electron chi connectivity index (χ4n) is 4.40. The van der Waals surface area contributed by atoms with Crippen molar-refractivity contribution in [2.24, 2.45) is 0 Å². The molecule has 2 aliphatic rings. The largest absolute Gasteiger partial charge is 0.478 e. The smallest absolute Gasteiger partial charge is 0.336 e. The summed E-state index contributed by atoms with van der Waals surface area (Å²) in [5.41, 5.74) is 4.07. The molecule has 4 N–H and O–H groups in total. The first-order valence-electron chi connectivity index (χ1n) is 9.85. The summed E-state index contributed by atoms with van der Waals surface area (Å²) in [5.74, 6) is -3.85. The second-order valence-corrected chi connectivity index (χ2v) is 7.66. The number of carboxylic acids is 4. The summed E-state index contributed by atoms with van der Waals surface area (Å²) >= 11 is 0. The van der Waals surface area contributed by atoms with Crippen molar-refractivity contribution in [2.75, 3.05) is 0 Å². The molecule has 0 amide bonds. The lowest BCUT2D eigenvalue weighted by atomic mass is 9.81. The van der Waals surface area contributed by atoms with Crippen LogP contribution < -0.4 is 0 Å². The van der Waals surface area contributed by atoms with Crippen LogP contribution in [0.25, 0.3) is 10.8 Å². The van der Waals surface area contributed by atoms with Crippen molar-refractivity contribution in [1.29, 1.82) is 0 Å². The van der Waals surface area contributed by atoms with Crippen LogP contribution in [0, 0.1) is 0 Å². The second kappa shape index (κ2) is 7.81. The van der Waals surface area contributed by atoms with Crippen molar-refractivity contribution in [3.05, 3.63) is 80.9 Å². The van der Waals surface area contributed by atoms with Gasteiger partial charge in [0.2, 0.25) is 0 Å². The Labute approximate surface area is 181 Å². The Morgan fingerprint density at radius 1 is 0.594 bits per heavy atom. The van der Waals surface area contributed by atoms with Crippen LogP contribution in [0.2, 0.25) is 0 Å². The Balaban J connectivity index is 0.000000158. The molecule has 2 aliphatic carbocycles. The van der Waals surface area contributed by atoms with Crippen molar-refractivity contribution in [3.8, 4) is 0 Å². The molecule has 0 unspecified atom stereocenters. The third kappa shape index (κ3) is 3.45. The second-order valence-electron chi connectivity index (χ2n) is 7.66. The van der Waals surface area contributed by atoms with Gasteiger partial charge < -0.3 is 20.4 Å². The average Bonchev–Trinajstić information content (AvgIpc) is 3.03. The predicted molar refractivity (Wildman–Crippen MR) is 113 cm³/mol. The van der Waals surface area contributed by atoms with Crippen LogP contribution >= 0.6 is 0 Å². The Hall–Kier alpha value is -4.20. The van der Waals surface area contributed by atoms with Gasteiger partial charge in [0.15, 0.2) is 0 Å². The van der Waals surface area contributed by atoms with Crippen molar-refractivity contribution < 1.29 is 39.6 Å². The summed E-state index contributed by atoms with van der Waals surface area (Å²) in [6.45, 7) is 0. The maximum Gasteiger partial charge on any atom is 0.336 e. The average molecular weight is 434 g/mol. The first-order chi connectivity index (χ1) is 15.2. The molecule has 0 spiro atoms. The Morgan fingerprint density at radius 3 is 1.62 bits per heavy atom. The van der Waals surface area contributed by atoms with Gasteiger partial charge in [-0.2, -0.15) is 0 Å². The van der Waals surface area contributed by atoms with E-state index in [-0.39, 0.29) is 16.7 Å². The van der Waals surface area contributed by atoms with E-state index in [0.717, 1.165) is 21.9 Å². The predicted octanol–water partition coefficient (Wildman–Crippen LogP) is 3.52. The number of rotatable bonds is 4. The number of carboxylic acid groups (broad SMARTS) is 4. The Kier molecular flexibility index (Phi) is 5.14. The van der Waals surface area contributed by atoms with Crippen LogP contribution in [-0.2, 0) is 25.7 Å². The molecule has 3 aromatic carbocycles. The highest BCUT2D eigenvalue weighted by molar-refractivity contribution is 6.03. The van der Waals surface area contributed by atoms with Gasteiger partial charge in [-0.1, -0.05) is 12.1 Å². The summed E-state index contributed by atoms with van der Waals surface area (Å²) in [6.07, 6.45) is 2.76. The van der Waals surface area contributed by atoms with Gasteiger partial charge in [-0.15, -0.1) is 0 Å². The van der Waals surface area contributed by atoms with E-state index < -0.39 is 23.9 Å². The molecule has 0 radical (unpaired) electrons. The quantitative estimate of drug-likeness (QED) is 0.487. The first kappa shape index (κ1) is 21.0. The zero-order chi connectivity index (χ0) is 23.2. The lowest BCUT2D eigenvalue weighted by Crippen LogP contribution is -2.19. The summed E-state index contributed by atoms with van der Waals surface area (Å²) in [5, 5.41) is 37.4. The van der Waals surface area contributed by atoms with Crippen LogP contribution in [0.1, 0.15) is 63.7 Å². The molecule has 32 heavy (non-hydrogen) atoms. The maximum absolute atomic E-state index is 11.2. The number of hydrogen-bond acceptors (Lipinski definition) is 4. The van der Waals surface area contributed by atoms with Gasteiger partial charge in [0.25, 0.3) is 0 Å².